The van der Waals surface area contributed by atoms with E-state index in [4.69, 9.17) is 0 Å². The van der Waals surface area contributed by atoms with E-state index < -0.39 is 5.60 Å². The van der Waals surface area contributed by atoms with Crippen LogP contribution in [0.1, 0.15) is 27.2 Å². The van der Waals surface area contributed by atoms with Gasteiger partial charge in [0.25, 0.3) is 0 Å². The number of allylic oxidation sites excluding steroid dienone is 2. The molecule has 12 heavy (non-hydrogen) atoms. The third kappa shape index (κ3) is 7.22. The lowest BCUT2D eigenvalue weighted by atomic mass is 9.98. The zero-order valence-electron chi connectivity index (χ0n) is 7.87. The molecule has 1 aliphatic rings. The number of hydrogen-bond donors (Lipinski definition) is 1. The van der Waals surface area contributed by atoms with Crippen LogP contribution in [0.2, 0.25) is 0 Å². The minimum atomic E-state index is -0.589. The quantitative estimate of drug-likeness (QED) is 0.599. The van der Waals surface area contributed by atoms with Crippen molar-refractivity contribution in [3.8, 4) is 0 Å². The van der Waals surface area contributed by atoms with Crippen molar-refractivity contribution < 1.29 is 9.90 Å². The van der Waals surface area contributed by atoms with Crippen LogP contribution in [0.3, 0.4) is 0 Å². The number of carbonyl (C=O) groups is 1. The highest BCUT2D eigenvalue weighted by molar-refractivity contribution is 5.72. The Balaban J connectivity index is 0.000000261. The second-order valence-corrected chi connectivity index (χ2v) is 3.26. The summed E-state index contributed by atoms with van der Waals surface area (Å²) in [5.41, 5.74) is -0.589. The van der Waals surface area contributed by atoms with E-state index in [1.165, 1.54) is 13.8 Å². The topological polar surface area (TPSA) is 37.3 Å². The molecule has 1 rings (SSSR count). The van der Waals surface area contributed by atoms with E-state index in [2.05, 4.69) is 0 Å². The molecule has 0 aromatic rings. The molecule has 0 saturated carbocycles. The summed E-state index contributed by atoms with van der Waals surface area (Å²) in [5, 5.41) is 9.24. The predicted molar refractivity (Wildman–Crippen MR) is 49.9 cm³/mol. The molecule has 2 heteroatoms. The zero-order chi connectivity index (χ0) is 9.61. The van der Waals surface area contributed by atoms with Gasteiger partial charge in [-0.1, -0.05) is 24.3 Å². The lowest BCUT2D eigenvalue weighted by molar-refractivity contribution is -0.114. The van der Waals surface area contributed by atoms with Gasteiger partial charge >= 0.3 is 0 Å². The summed E-state index contributed by atoms with van der Waals surface area (Å²) < 4.78 is 0. The summed E-state index contributed by atoms with van der Waals surface area (Å²) in [6, 6.07) is 0. The molecular weight excluding hydrogens is 152 g/mol. The summed E-state index contributed by atoms with van der Waals surface area (Å²) in [5.74, 6) is 0.167. The average Bonchev–Trinajstić information content (AvgIpc) is 1.85. The number of ketones is 1. The molecule has 1 aliphatic carbocycles. The first-order valence-corrected chi connectivity index (χ1v) is 3.98. The van der Waals surface area contributed by atoms with E-state index in [1.54, 1.807) is 13.0 Å². The molecule has 0 spiro atoms. The van der Waals surface area contributed by atoms with Crippen molar-refractivity contribution in [1.82, 2.24) is 0 Å². The van der Waals surface area contributed by atoms with Crippen molar-refractivity contribution in [2.75, 3.05) is 0 Å². The van der Waals surface area contributed by atoms with Gasteiger partial charge in [-0.05, 0) is 27.2 Å². The van der Waals surface area contributed by atoms with E-state index in [0.717, 1.165) is 6.42 Å². The minimum absolute atomic E-state index is 0.167. The maximum atomic E-state index is 9.44. The number of Topliss-reactive ketones (excluding diaryl/α,β-unsaturated/α-hetero) is 1. The Labute approximate surface area is 73.6 Å². The Kier molecular flexibility index (Phi) is 4.52. The van der Waals surface area contributed by atoms with Crippen LogP contribution in [-0.4, -0.2) is 16.5 Å². The Hall–Kier alpha value is -0.890. The van der Waals surface area contributed by atoms with Crippen LogP contribution in [-0.2, 0) is 4.79 Å². The second kappa shape index (κ2) is 4.88. The molecule has 0 amide bonds. The smallest absolute Gasteiger partial charge is 0.126 e. The largest absolute Gasteiger partial charge is 0.386 e. The van der Waals surface area contributed by atoms with Crippen molar-refractivity contribution in [2.45, 2.75) is 32.8 Å². The van der Waals surface area contributed by atoms with Gasteiger partial charge in [0.1, 0.15) is 5.78 Å². The van der Waals surface area contributed by atoms with E-state index >= 15 is 0 Å². The summed E-state index contributed by atoms with van der Waals surface area (Å²) in [6.45, 7) is 4.85. The van der Waals surface area contributed by atoms with Crippen LogP contribution in [0, 0.1) is 0 Å². The minimum Gasteiger partial charge on any atom is -0.386 e. The Morgan fingerprint density at radius 3 is 2.08 bits per heavy atom. The highest BCUT2D eigenvalue weighted by atomic mass is 16.3. The predicted octanol–water partition coefficient (Wildman–Crippen LogP) is 1.85. The van der Waals surface area contributed by atoms with Crippen LogP contribution < -0.4 is 0 Å². The standard InChI is InChI=1S/C7H10O.C3H6O/c1-7(8)5-3-2-4-6-7;1-3(2)4/h2-5,8H,6H2,1H3;1-2H3. The second-order valence-electron chi connectivity index (χ2n) is 3.26. The molecule has 0 aromatic heterocycles. The summed E-state index contributed by atoms with van der Waals surface area (Å²) in [6.07, 6.45) is 8.30. The van der Waals surface area contributed by atoms with E-state index in [9.17, 15) is 9.90 Å². The highest BCUT2D eigenvalue weighted by Gasteiger charge is 2.14. The van der Waals surface area contributed by atoms with Crippen molar-refractivity contribution in [3.63, 3.8) is 0 Å². The summed E-state index contributed by atoms with van der Waals surface area (Å²) in [4.78, 5) is 9.44. The molecule has 0 radical (unpaired) electrons. The van der Waals surface area contributed by atoms with Crippen LogP contribution in [0.4, 0.5) is 0 Å². The van der Waals surface area contributed by atoms with Gasteiger partial charge in [0.05, 0.1) is 5.60 Å². The summed E-state index contributed by atoms with van der Waals surface area (Å²) >= 11 is 0. The van der Waals surface area contributed by atoms with Gasteiger partial charge in [-0.25, -0.2) is 0 Å². The Morgan fingerprint density at radius 1 is 1.42 bits per heavy atom. The lowest BCUT2D eigenvalue weighted by Gasteiger charge is -2.17. The van der Waals surface area contributed by atoms with Gasteiger partial charge in [0.2, 0.25) is 0 Å². The first kappa shape index (κ1) is 11.1. The Bertz CT molecular complexity index is 196. The van der Waals surface area contributed by atoms with Gasteiger partial charge in [0, 0.05) is 0 Å². The summed E-state index contributed by atoms with van der Waals surface area (Å²) in [7, 11) is 0. The third-order valence-corrected chi connectivity index (χ3v) is 1.23. The number of carbonyl (C=O) groups excluding carboxylic acids is 1. The lowest BCUT2D eigenvalue weighted by Crippen LogP contribution is -2.20. The molecule has 0 fully saturated rings. The third-order valence-electron chi connectivity index (χ3n) is 1.23. The average molecular weight is 168 g/mol. The maximum absolute atomic E-state index is 9.44. The van der Waals surface area contributed by atoms with E-state index in [0.29, 0.717) is 0 Å². The number of aliphatic hydroxyl groups is 1. The molecular formula is C10H16O2. The molecule has 68 valence electrons. The fraction of sp³-hybridized carbons (Fsp3) is 0.500. The maximum Gasteiger partial charge on any atom is 0.126 e. The molecule has 0 aliphatic heterocycles. The van der Waals surface area contributed by atoms with Crippen LogP contribution in [0.25, 0.3) is 0 Å². The fourth-order valence-corrected chi connectivity index (χ4v) is 0.716. The highest BCUT2D eigenvalue weighted by Crippen LogP contribution is 2.14. The zero-order valence-corrected chi connectivity index (χ0v) is 7.87. The first-order chi connectivity index (χ1) is 5.44. The molecule has 2 nitrogen and oxygen atoms in total. The van der Waals surface area contributed by atoms with E-state index in [1.807, 2.05) is 18.2 Å². The molecule has 1 N–H and O–H groups in total. The van der Waals surface area contributed by atoms with Crippen LogP contribution >= 0.6 is 0 Å². The molecule has 0 saturated heterocycles. The first-order valence-electron chi connectivity index (χ1n) is 3.98. The van der Waals surface area contributed by atoms with Gasteiger partial charge in [-0.3, -0.25) is 0 Å². The van der Waals surface area contributed by atoms with E-state index in [-0.39, 0.29) is 5.78 Å². The number of rotatable bonds is 0. The molecule has 1 atom stereocenters. The monoisotopic (exact) mass is 168 g/mol. The molecule has 0 bridgehead atoms. The Morgan fingerprint density at radius 2 is 1.92 bits per heavy atom. The van der Waals surface area contributed by atoms with Gasteiger partial charge < -0.3 is 9.90 Å². The molecule has 1 unspecified atom stereocenters. The van der Waals surface area contributed by atoms with Gasteiger partial charge in [0.15, 0.2) is 0 Å². The fourth-order valence-electron chi connectivity index (χ4n) is 0.716. The van der Waals surface area contributed by atoms with Crippen molar-refractivity contribution >= 4 is 5.78 Å². The van der Waals surface area contributed by atoms with Crippen molar-refractivity contribution in [3.05, 3.63) is 24.3 Å². The van der Waals surface area contributed by atoms with Gasteiger partial charge in [-0.15, -0.1) is 0 Å². The van der Waals surface area contributed by atoms with Crippen LogP contribution in [0.15, 0.2) is 24.3 Å². The van der Waals surface area contributed by atoms with Crippen LogP contribution in [0.5, 0.6) is 0 Å². The SMILES string of the molecule is CC(C)=O.CC1(O)C=CC=CC1. The molecule has 0 aromatic carbocycles. The normalized spacial score (nSPS) is 26.0. The number of hydrogen-bond acceptors (Lipinski definition) is 2. The van der Waals surface area contributed by atoms with Crippen molar-refractivity contribution in [1.29, 1.82) is 0 Å². The van der Waals surface area contributed by atoms with Crippen molar-refractivity contribution in [2.24, 2.45) is 0 Å². The van der Waals surface area contributed by atoms with Gasteiger partial charge in [-0.2, -0.15) is 0 Å². The molecule has 0 heterocycles.